The number of hydrogen-bond acceptors (Lipinski definition) is 3. The molecule has 21 heavy (non-hydrogen) atoms. The van der Waals surface area contributed by atoms with E-state index in [1.807, 2.05) is 0 Å². The molecule has 0 aromatic heterocycles. The van der Waals surface area contributed by atoms with Gasteiger partial charge in [0.2, 0.25) is 5.91 Å². The number of nitrogens with one attached hydrogen (secondary N) is 1. The van der Waals surface area contributed by atoms with E-state index in [1.165, 1.54) is 18.2 Å². The molecule has 0 spiro atoms. The van der Waals surface area contributed by atoms with Crippen molar-refractivity contribution >= 4 is 17.6 Å². The molecule has 1 amide bonds. The lowest BCUT2D eigenvalue weighted by molar-refractivity contribution is -0.153. The molecule has 1 heterocycles. The van der Waals surface area contributed by atoms with Crippen LogP contribution in [-0.4, -0.2) is 40.5 Å². The minimum absolute atomic E-state index is 0.0146. The topological polar surface area (TPSA) is 69.6 Å². The Morgan fingerprint density at radius 3 is 2.86 bits per heavy atom. The number of piperidine rings is 1. The lowest BCUT2D eigenvalue weighted by Crippen LogP contribution is -2.57. The van der Waals surface area contributed by atoms with Crippen molar-refractivity contribution in [1.29, 1.82) is 0 Å². The van der Waals surface area contributed by atoms with Gasteiger partial charge in [-0.25, -0.2) is 4.39 Å². The summed E-state index contributed by atoms with van der Waals surface area (Å²) in [5.74, 6) is -1.68. The van der Waals surface area contributed by atoms with Gasteiger partial charge in [-0.15, -0.1) is 0 Å². The van der Waals surface area contributed by atoms with E-state index in [-0.39, 0.29) is 12.5 Å². The van der Waals surface area contributed by atoms with Crippen molar-refractivity contribution in [3.8, 4) is 0 Å². The van der Waals surface area contributed by atoms with Crippen LogP contribution < -0.4 is 5.32 Å². The van der Waals surface area contributed by atoms with Gasteiger partial charge in [0.25, 0.3) is 0 Å². The average Bonchev–Trinajstić information content (AvgIpc) is 2.41. The first-order valence-corrected chi connectivity index (χ1v) is 6.96. The molecule has 1 atom stereocenters. The highest BCUT2D eigenvalue weighted by molar-refractivity contribution is 5.92. The molecule has 0 aliphatic carbocycles. The standard InChI is InChI=1S/C15H19FN2O3/c1-15(14(20)21)7-2-3-8-18(15)10-13(19)17-12-6-4-5-11(16)9-12/h4-6,9H,2-3,7-8,10H2,1H3,(H,17,19)(H,20,21). The predicted molar refractivity (Wildman–Crippen MR) is 76.5 cm³/mol. The summed E-state index contributed by atoms with van der Waals surface area (Å²) >= 11 is 0. The van der Waals surface area contributed by atoms with E-state index in [9.17, 15) is 19.1 Å². The van der Waals surface area contributed by atoms with E-state index < -0.39 is 17.3 Å². The number of benzene rings is 1. The van der Waals surface area contributed by atoms with E-state index in [4.69, 9.17) is 0 Å². The summed E-state index contributed by atoms with van der Waals surface area (Å²) in [6.07, 6.45) is 2.23. The van der Waals surface area contributed by atoms with Crippen LogP contribution in [0.2, 0.25) is 0 Å². The third-order valence-electron chi connectivity index (χ3n) is 3.94. The van der Waals surface area contributed by atoms with Crippen LogP contribution in [0.15, 0.2) is 24.3 Å². The Labute approximate surface area is 122 Å². The zero-order valence-corrected chi connectivity index (χ0v) is 11.9. The lowest BCUT2D eigenvalue weighted by atomic mass is 9.88. The van der Waals surface area contributed by atoms with Crippen LogP contribution >= 0.6 is 0 Å². The van der Waals surface area contributed by atoms with Crippen LogP contribution in [-0.2, 0) is 9.59 Å². The van der Waals surface area contributed by atoms with Crippen LogP contribution in [0.25, 0.3) is 0 Å². The molecule has 1 aromatic rings. The van der Waals surface area contributed by atoms with Gasteiger partial charge in [-0.2, -0.15) is 0 Å². The second-order valence-corrected chi connectivity index (χ2v) is 5.52. The van der Waals surface area contributed by atoms with Crippen LogP contribution in [0.1, 0.15) is 26.2 Å². The molecular weight excluding hydrogens is 275 g/mol. The highest BCUT2D eigenvalue weighted by atomic mass is 19.1. The Morgan fingerprint density at radius 1 is 1.43 bits per heavy atom. The largest absolute Gasteiger partial charge is 0.480 e. The molecule has 1 aliphatic heterocycles. The Bertz CT molecular complexity index is 549. The molecular formula is C15H19FN2O3. The molecule has 114 valence electrons. The van der Waals surface area contributed by atoms with Gasteiger partial charge in [-0.3, -0.25) is 14.5 Å². The number of likely N-dealkylation sites (tertiary alicyclic amines) is 1. The summed E-state index contributed by atoms with van der Waals surface area (Å²) in [7, 11) is 0. The molecule has 5 nitrogen and oxygen atoms in total. The van der Waals surface area contributed by atoms with Crippen molar-refractivity contribution in [2.45, 2.75) is 31.7 Å². The Balaban J connectivity index is 2.02. The lowest BCUT2D eigenvalue weighted by Gasteiger charge is -2.41. The smallest absolute Gasteiger partial charge is 0.323 e. The van der Waals surface area contributed by atoms with Gasteiger partial charge < -0.3 is 10.4 Å². The summed E-state index contributed by atoms with van der Waals surface area (Å²) in [6.45, 7) is 2.20. The third-order valence-corrected chi connectivity index (χ3v) is 3.94. The summed E-state index contributed by atoms with van der Waals surface area (Å²) < 4.78 is 13.1. The molecule has 0 saturated carbocycles. The molecule has 1 saturated heterocycles. The first-order chi connectivity index (χ1) is 9.91. The van der Waals surface area contributed by atoms with E-state index in [0.29, 0.717) is 18.7 Å². The average molecular weight is 294 g/mol. The molecule has 1 aliphatic rings. The van der Waals surface area contributed by atoms with Crippen molar-refractivity contribution in [2.75, 3.05) is 18.4 Å². The number of anilines is 1. The van der Waals surface area contributed by atoms with Gasteiger partial charge in [-0.05, 0) is 50.9 Å². The summed E-state index contributed by atoms with van der Waals surface area (Å²) in [6, 6.07) is 5.62. The van der Waals surface area contributed by atoms with Crippen molar-refractivity contribution < 1.29 is 19.1 Å². The summed E-state index contributed by atoms with van der Waals surface area (Å²) in [5.41, 5.74) is -0.647. The van der Waals surface area contributed by atoms with Crippen molar-refractivity contribution in [2.24, 2.45) is 0 Å². The number of hydrogen-bond donors (Lipinski definition) is 2. The zero-order valence-electron chi connectivity index (χ0n) is 11.9. The van der Waals surface area contributed by atoms with Gasteiger partial charge in [0.05, 0.1) is 6.54 Å². The number of aliphatic carboxylic acids is 1. The van der Waals surface area contributed by atoms with E-state index >= 15 is 0 Å². The SMILES string of the molecule is CC1(C(=O)O)CCCCN1CC(=O)Nc1cccc(F)c1. The minimum Gasteiger partial charge on any atom is -0.480 e. The molecule has 1 aromatic carbocycles. The van der Waals surface area contributed by atoms with Gasteiger partial charge in [0.15, 0.2) is 0 Å². The Hall–Kier alpha value is -1.95. The monoisotopic (exact) mass is 294 g/mol. The molecule has 0 bridgehead atoms. The Kier molecular flexibility index (Phi) is 4.57. The fraction of sp³-hybridized carbons (Fsp3) is 0.467. The first-order valence-electron chi connectivity index (χ1n) is 6.96. The normalized spacial score (nSPS) is 22.8. The number of amides is 1. The number of halogens is 1. The molecule has 2 rings (SSSR count). The maximum atomic E-state index is 13.1. The third kappa shape index (κ3) is 3.58. The predicted octanol–water partition coefficient (Wildman–Crippen LogP) is 2.09. The van der Waals surface area contributed by atoms with E-state index in [1.54, 1.807) is 17.9 Å². The Morgan fingerprint density at radius 2 is 2.19 bits per heavy atom. The quantitative estimate of drug-likeness (QED) is 0.892. The number of rotatable bonds is 4. The van der Waals surface area contributed by atoms with Crippen molar-refractivity contribution in [3.05, 3.63) is 30.1 Å². The van der Waals surface area contributed by atoms with Crippen molar-refractivity contribution in [1.82, 2.24) is 4.90 Å². The molecule has 1 unspecified atom stereocenters. The molecule has 0 radical (unpaired) electrons. The second-order valence-electron chi connectivity index (χ2n) is 5.52. The summed E-state index contributed by atoms with van der Waals surface area (Å²) in [5, 5.41) is 12.0. The van der Waals surface area contributed by atoms with Crippen molar-refractivity contribution in [3.63, 3.8) is 0 Å². The van der Waals surface area contributed by atoms with Gasteiger partial charge in [0, 0.05) is 5.69 Å². The molecule has 6 heteroatoms. The van der Waals surface area contributed by atoms with Gasteiger partial charge >= 0.3 is 5.97 Å². The summed E-state index contributed by atoms with van der Waals surface area (Å²) in [4.78, 5) is 25.2. The zero-order chi connectivity index (χ0) is 15.5. The minimum atomic E-state index is -1.02. The number of carboxylic acids is 1. The first kappa shape index (κ1) is 15.4. The fourth-order valence-corrected chi connectivity index (χ4v) is 2.61. The molecule has 1 fully saturated rings. The van der Waals surface area contributed by atoms with Gasteiger partial charge in [0.1, 0.15) is 11.4 Å². The number of carbonyl (C=O) groups is 2. The number of carboxylic acid groups (broad SMARTS) is 1. The molecule has 2 N–H and O–H groups in total. The van der Waals surface area contributed by atoms with Crippen LogP contribution in [0, 0.1) is 5.82 Å². The number of nitrogens with zero attached hydrogens (tertiary/aromatic N) is 1. The highest BCUT2D eigenvalue weighted by Gasteiger charge is 2.41. The van der Waals surface area contributed by atoms with E-state index in [2.05, 4.69) is 5.32 Å². The van der Waals surface area contributed by atoms with E-state index in [0.717, 1.165) is 12.8 Å². The number of carbonyl (C=O) groups excluding carboxylic acids is 1. The van der Waals surface area contributed by atoms with Crippen LogP contribution in [0.4, 0.5) is 10.1 Å². The highest BCUT2D eigenvalue weighted by Crippen LogP contribution is 2.28. The fourth-order valence-electron chi connectivity index (χ4n) is 2.61. The van der Waals surface area contributed by atoms with Crippen LogP contribution in [0.3, 0.4) is 0 Å². The maximum absolute atomic E-state index is 13.1. The second kappa shape index (κ2) is 6.22. The maximum Gasteiger partial charge on any atom is 0.323 e. The van der Waals surface area contributed by atoms with Crippen LogP contribution in [0.5, 0.6) is 0 Å². The van der Waals surface area contributed by atoms with Gasteiger partial charge in [-0.1, -0.05) is 6.07 Å².